The van der Waals surface area contributed by atoms with E-state index in [2.05, 4.69) is 21.1 Å². The largest absolute Gasteiger partial charge is 0.508 e. The second kappa shape index (κ2) is 3.39. The first-order chi connectivity index (χ1) is 5.22. The quantitative estimate of drug-likeness (QED) is 0.428. The van der Waals surface area contributed by atoms with Gasteiger partial charge in [-0.15, -0.1) is 0 Å². The van der Waals surface area contributed by atoms with Gasteiger partial charge < -0.3 is 10.3 Å². The van der Waals surface area contributed by atoms with Gasteiger partial charge in [-0.3, -0.25) is 0 Å². The van der Waals surface area contributed by atoms with E-state index < -0.39 is 0 Å². The molecule has 3 nitrogen and oxygen atoms in total. The maximum absolute atomic E-state index is 9.05. The Morgan fingerprint density at radius 2 is 2.09 bits per heavy atom. The lowest BCUT2D eigenvalue weighted by molar-refractivity contribution is 0.322. The number of halogens is 1. The summed E-state index contributed by atoms with van der Waals surface area (Å²) in [5.74, 6) is 0.134. The van der Waals surface area contributed by atoms with Crippen molar-refractivity contribution in [1.82, 2.24) is 0 Å². The molecule has 0 aromatic heterocycles. The molecule has 0 atom stereocenters. The van der Waals surface area contributed by atoms with Gasteiger partial charge in [0.1, 0.15) is 5.75 Å². The molecule has 1 aromatic rings. The molecule has 0 spiro atoms. The van der Waals surface area contributed by atoms with Crippen LogP contribution in [0.15, 0.2) is 27.8 Å². The monoisotopic (exact) mass is 215 g/mol. The van der Waals surface area contributed by atoms with Crippen LogP contribution in [-0.2, 0) is 0 Å². The highest BCUT2D eigenvalue weighted by Gasteiger charge is 1.94. The first-order valence-corrected chi connectivity index (χ1v) is 3.68. The van der Waals surface area contributed by atoms with Crippen LogP contribution in [0.5, 0.6) is 5.75 Å². The van der Waals surface area contributed by atoms with E-state index >= 15 is 0 Å². The summed E-state index contributed by atoms with van der Waals surface area (Å²) < 4.78 is 0.743. The lowest BCUT2D eigenvalue weighted by atomic mass is 10.2. The van der Waals surface area contributed by atoms with Gasteiger partial charge in [-0.2, -0.15) is 0 Å². The third kappa shape index (κ3) is 2.23. The molecular weight excluding hydrogens is 210 g/mol. The van der Waals surface area contributed by atoms with Crippen molar-refractivity contribution in [2.24, 2.45) is 5.16 Å². The van der Waals surface area contributed by atoms with Gasteiger partial charge in [0.15, 0.2) is 0 Å². The van der Waals surface area contributed by atoms with E-state index in [4.69, 9.17) is 10.3 Å². The zero-order valence-electron chi connectivity index (χ0n) is 5.53. The molecule has 2 N–H and O–H groups in total. The molecule has 4 heteroatoms. The third-order valence-electron chi connectivity index (χ3n) is 1.11. The highest BCUT2D eigenvalue weighted by molar-refractivity contribution is 9.10. The molecule has 0 saturated carbocycles. The molecule has 0 radical (unpaired) electrons. The summed E-state index contributed by atoms with van der Waals surface area (Å²) in [5.41, 5.74) is 0.638. The number of benzene rings is 1. The molecule has 0 fully saturated rings. The lowest BCUT2D eigenvalue weighted by Crippen LogP contribution is -1.80. The van der Waals surface area contributed by atoms with Crippen molar-refractivity contribution in [3.63, 3.8) is 0 Å². The smallest absolute Gasteiger partial charge is 0.117 e. The van der Waals surface area contributed by atoms with Crippen LogP contribution in [0.4, 0.5) is 0 Å². The number of oxime groups is 1. The van der Waals surface area contributed by atoms with Gasteiger partial charge in [-0.05, 0) is 18.2 Å². The van der Waals surface area contributed by atoms with Gasteiger partial charge in [0.2, 0.25) is 0 Å². The molecule has 0 saturated heterocycles. The molecule has 0 amide bonds. The van der Waals surface area contributed by atoms with Crippen molar-refractivity contribution >= 4 is 22.1 Å². The van der Waals surface area contributed by atoms with Crippen LogP contribution in [0, 0.1) is 0 Å². The number of phenols is 1. The summed E-state index contributed by atoms with van der Waals surface area (Å²) in [5, 5.41) is 20.1. The lowest BCUT2D eigenvalue weighted by Gasteiger charge is -1.95. The van der Waals surface area contributed by atoms with Crippen LogP contribution >= 0.6 is 15.9 Å². The average Bonchev–Trinajstić information content (AvgIpc) is 1.85. The molecule has 0 aliphatic heterocycles. The fourth-order valence-corrected chi connectivity index (χ4v) is 1.24. The first kappa shape index (κ1) is 8.07. The van der Waals surface area contributed by atoms with Crippen molar-refractivity contribution in [2.45, 2.75) is 0 Å². The minimum atomic E-state index is 0.134. The Balaban J connectivity index is 3.08. The summed E-state index contributed by atoms with van der Waals surface area (Å²) in [7, 11) is 0. The maximum atomic E-state index is 9.05. The van der Waals surface area contributed by atoms with Crippen molar-refractivity contribution in [3.05, 3.63) is 28.2 Å². The molecule has 58 valence electrons. The predicted molar refractivity (Wildman–Crippen MR) is 45.2 cm³/mol. The van der Waals surface area contributed by atoms with E-state index in [1.165, 1.54) is 12.3 Å². The number of aromatic hydroxyl groups is 1. The van der Waals surface area contributed by atoms with E-state index in [0.29, 0.717) is 5.56 Å². The highest BCUT2D eigenvalue weighted by atomic mass is 79.9. The molecule has 11 heavy (non-hydrogen) atoms. The molecule has 0 aliphatic rings. The van der Waals surface area contributed by atoms with Gasteiger partial charge in [-0.25, -0.2) is 0 Å². The Labute approximate surface area is 72.1 Å². The molecule has 0 bridgehead atoms. The Hall–Kier alpha value is -1.03. The SMILES string of the molecule is ON=Cc1cc(O)cc(Br)c1. The van der Waals surface area contributed by atoms with Gasteiger partial charge >= 0.3 is 0 Å². The standard InChI is InChI=1S/C7H6BrNO2/c8-6-1-5(4-9-11)2-7(10)3-6/h1-4,10-11H. The van der Waals surface area contributed by atoms with Crippen LogP contribution in [0.25, 0.3) is 0 Å². The Morgan fingerprint density at radius 3 is 2.64 bits per heavy atom. The van der Waals surface area contributed by atoms with Crippen molar-refractivity contribution in [1.29, 1.82) is 0 Å². The number of hydrogen-bond acceptors (Lipinski definition) is 3. The van der Waals surface area contributed by atoms with E-state index in [0.717, 1.165) is 4.47 Å². The van der Waals surface area contributed by atoms with Crippen molar-refractivity contribution in [3.8, 4) is 5.75 Å². The predicted octanol–water partition coefficient (Wildman–Crippen LogP) is 1.96. The van der Waals surface area contributed by atoms with E-state index in [1.807, 2.05) is 0 Å². The van der Waals surface area contributed by atoms with E-state index in [1.54, 1.807) is 12.1 Å². The second-order valence-corrected chi connectivity index (χ2v) is 2.90. The number of nitrogens with zero attached hydrogens (tertiary/aromatic N) is 1. The summed E-state index contributed by atoms with van der Waals surface area (Å²) in [6, 6.07) is 4.76. The topological polar surface area (TPSA) is 52.8 Å². The summed E-state index contributed by atoms with van der Waals surface area (Å²) in [6.07, 6.45) is 1.24. The first-order valence-electron chi connectivity index (χ1n) is 2.89. The van der Waals surface area contributed by atoms with Crippen LogP contribution in [0.1, 0.15) is 5.56 Å². The Kier molecular flexibility index (Phi) is 2.48. The summed E-state index contributed by atoms with van der Waals surface area (Å²) in [6.45, 7) is 0. The second-order valence-electron chi connectivity index (χ2n) is 1.99. The maximum Gasteiger partial charge on any atom is 0.117 e. The third-order valence-corrected chi connectivity index (χ3v) is 1.57. The Bertz CT molecular complexity index is 266. The highest BCUT2D eigenvalue weighted by Crippen LogP contribution is 2.18. The molecule has 0 heterocycles. The van der Waals surface area contributed by atoms with Gasteiger partial charge in [0, 0.05) is 10.0 Å². The molecule has 1 rings (SSSR count). The molecule has 0 unspecified atom stereocenters. The van der Waals surface area contributed by atoms with E-state index in [9.17, 15) is 0 Å². The molecule has 1 aromatic carbocycles. The van der Waals surface area contributed by atoms with Gasteiger partial charge in [0.25, 0.3) is 0 Å². The molecule has 0 aliphatic carbocycles. The Morgan fingerprint density at radius 1 is 1.36 bits per heavy atom. The fraction of sp³-hybridized carbons (Fsp3) is 0. The van der Waals surface area contributed by atoms with E-state index in [-0.39, 0.29) is 5.75 Å². The normalized spacial score (nSPS) is 10.6. The fourth-order valence-electron chi connectivity index (χ4n) is 0.737. The van der Waals surface area contributed by atoms with Crippen molar-refractivity contribution in [2.75, 3.05) is 0 Å². The van der Waals surface area contributed by atoms with Crippen LogP contribution < -0.4 is 0 Å². The number of rotatable bonds is 1. The molecular formula is C7H6BrNO2. The summed E-state index contributed by atoms with van der Waals surface area (Å²) >= 11 is 3.18. The van der Waals surface area contributed by atoms with Crippen molar-refractivity contribution < 1.29 is 10.3 Å². The minimum absolute atomic E-state index is 0.134. The average molecular weight is 216 g/mol. The zero-order chi connectivity index (χ0) is 8.27. The van der Waals surface area contributed by atoms with Crippen LogP contribution in [0.3, 0.4) is 0 Å². The van der Waals surface area contributed by atoms with Crippen LogP contribution in [-0.4, -0.2) is 16.5 Å². The van der Waals surface area contributed by atoms with Gasteiger partial charge in [0.05, 0.1) is 6.21 Å². The van der Waals surface area contributed by atoms with Crippen LogP contribution in [0.2, 0.25) is 0 Å². The van der Waals surface area contributed by atoms with Gasteiger partial charge in [-0.1, -0.05) is 21.1 Å². The zero-order valence-corrected chi connectivity index (χ0v) is 7.12. The summed E-state index contributed by atoms with van der Waals surface area (Å²) in [4.78, 5) is 0. The number of phenolic OH excluding ortho intramolecular Hbond substituents is 1. The number of hydrogen-bond donors (Lipinski definition) is 2. The minimum Gasteiger partial charge on any atom is -0.508 e.